The highest BCUT2D eigenvalue weighted by atomic mass is 79.9. The van der Waals surface area contributed by atoms with Crippen molar-refractivity contribution >= 4 is 22.0 Å². The lowest BCUT2D eigenvalue weighted by atomic mass is 10.2. The number of carbonyl (C=O) groups is 1. The summed E-state index contributed by atoms with van der Waals surface area (Å²) in [7, 11) is 0. The first-order valence-electron chi connectivity index (χ1n) is 5.96. The van der Waals surface area contributed by atoms with Gasteiger partial charge in [-0.15, -0.1) is 0 Å². The minimum absolute atomic E-state index is 0.169. The minimum Gasteiger partial charge on any atom is -0.444 e. The molecule has 1 aliphatic carbocycles. The number of rotatable bonds is 2. The van der Waals surface area contributed by atoms with E-state index >= 15 is 0 Å². The number of pyridine rings is 1. The van der Waals surface area contributed by atoms with Gasteiger partial charge in [0.15, 0.2) is 0 Å². The molecule has 1 aromatic rings. The zero-order chi connectivity index (χ0) is 13.3. The number of aromatic nitrogens is 1. The molecule has 2 rings (SSSR count). The Labute approximate surface area is 115 Å². The molecule has 2 atom stereocenters. The van der Waals surface area contributed by atoms with E-state index in [0.29, 0.717) is 5.92 Å². The van der Waals surface area contributed by atoms with Gasteiger partial charge in [-0.3, -0.25) is 0 Å². The normalized spacial score (nSPS) is 22.4. The Balaban J connectivity index is 1.85. The zero-order valence-electron chi connectivity index (χ0n) is 10.7. The monoisotopic (exact) mass is 312 g/mol. The summed E-state index contributed by atoms with van der Waals surface area (Å²) in [5, 5.41) is 2.87. The van der Waals surface area contributed by atoms with Gasteiger partial charge < -0.3 is 10.1 Å². The lowest BCUT2D eigenvalue weighted by molar-refractivity contribution is 0.0523. The summed E-state index contributed by atoms with van der Waals surface area (Å²) in [6.45, 7) is 5.57. The van der Waals surface area contributed by atoms with Gasteiger partial charge in [0, 0.05) is 18.2 Å². The first-order chi connectivity index (χ1) is 8.35. The zero-order valence-corrected chi connectivity index (χ0v) is 12.3. The average molecular weight is 313 g/mol. The molecule has 18 heavy (non-hydrogen) atoms. The van der Waals surface area contributed by atoms with Gasteiger partial charge in [0.25, 0.3) is 0 Å². The summed E-state index contributed by atoms with van der Waals surface area (Å²) in [5.41, 5.74) is 0.701. The van der Waals surface area contributed by atoms with E-state index in [0.717, 1.165) is 16.6 Å². The lowest BCUT2D eigenvalue weighted by Crippen LogP contribution is -2.34. The maximum atomic E-state index is 11.6. The van der Waals surface area contributed by atoms with Crippen molar-refractivity contribution in [3.05, 3.63) is 28.5 Å². The van der Waals surface area contributed by atoms with Crippen LogP contribution >= 0.6 is 15.9 Å². The Bertz CT molecular complexity index is 439. The first kappa shape index (κ1) is 13.3. The lowest BCUT2D eigenvalue weighted by Gasteiger charge is -2.19. The number of hydrogen-bond donors (Lipinski definition) is 1. The van der Waals surface area contributed by atoms with Crippen molar-refractivity contribution < 1.29 is 9.53 Å². The molecule has 0 spiro atoms. The number of nitrogens with one attached hydrogen (secondary N) is 1. The molecule has 0 aromatic carbocycles. The van der Waals surface area contributed by atoms with Crippen molar-refractivity contribution in [3.63, 3.8) is 0 Å². The Morgan fingerprint density at radius 3 is 2.78 bits per heavy atom. The molecule has 1 fully saturated rings. The Hall–Kier alpha value is -1.10. The van der Waals surface area contributed by atoms with Crippen LogP contribution in [0, 0.1) is 0 Å². The summed E-state index contributed by atoms with van der Waals surface area (Å²) in [4.78, 5) is 15.8. The molecule has 0 unspecified atom stereocenters. The van der Waals surface area contributed by atoms with Crippen LogP contribution < -0.4 is 5.32 Å². The summed E-state index contributed by atoms with van der Waals surface area (Å²) in [5.74, 6) is 0.359. The summed E-state index contributed by atoms with van der Waals surface area (Å²) in [6.07, 6.45) is 2.44. The molecule has 5 heteroatoms. The van der Waals surface area contributed by atoms with Gasteiger partial charge >= 0.3 is 6.09 Å². The van der Waals surface area contributed by atoms with E-state index in [1.807, 2.05) is 39.1 Å². The van der Waals surface area contributed by atoms with Crippen LogP contribution in [0.15, 0.2) is 22.9 Å². The molecule has 4 nitrogen and oxygen atoms in total. The van der Waals surface area contributed by atoms with Crippen molar-refractivity contribution in [1.29, 1.82) is 0 Å². The predicted molar refractivity (Wildman–Crippen MR) is 72.5 cm³/mol. The van der Waals surface area contributed by atoms with E-state index in [1.54, 1.807) is 0 Å². The topological polar surface area (TPSA) is 51.2 Å². The summed E-state index contributed by atoms with van der Waals surface area (Å²) < 4.78 is 6.04. The van der Waals surface area contributed by atoms with Crippen LogP contribution in [-0.2, 0) is 4.74 Å². The maximum absolute atomic E-state index is 11.6. The second-order valence-electron chi connectivity index (χ2n) is 5.51. The van der Waals surface area contributed by atoms with E-state index in [-0.39, 0.29) is 12.1 Å². The highest BCUT2D eigenvalue weighted by molar-refractivity contribution is 9.10. The van der Waals surface area contributed by atoms with E-state index in [9.17, 15) is 4.79 Å². The molecule has 0 bridgehead atoms. The molecule has 0 radical (unpaired) electrons. The molecular weight excluding hydrogens is 296 g/mol. The van der Waals surface area contributed by atoms with Gasteiger partial charge in [-0.25, -0.2) is 9.78 Å². The second-order valence-corrected chi connectivity index (χ2v) is 6.32. The number of hydrogen-bond acceptors (Lipinski definition) is 3. The third kappa shape index (κ3) is 3.70. The quantitative estimate of drug-likeness (QED) is 0.853. The van der Waals surface area contributed by atoms with Crippen molar-refractivity contribution in [2.45, 2.75) is 44.8 Å². The highest BCUT2D eigenvalue weighted by Gasteiger charge is 2.40. The van der Waals surface area contributed by atoms with Crippen molar-refractivity contribution in [3.8, 4) is 0 Å². The molecule has 0 aliphatic heterocycles. The predicted octanol–water partition coefficient (Wildman–Crippen LogP) is 3.22. The number of nitrogens with zero attached hydrogens (tertiary/aromatic N) is 1. The van der Waals surface area contributed by atoms with Crippen molar-refractivity contribution in [2.24, 2.45) is 0 Å². The molecule has 1 saturated carbocycles. The smallest absolute Gasteiger partial charge is 0.407 e. The van der Waals surface area contributed by atoms with Gasteiger partial charge in [-0.05, 0) is 54.8 Å². The summed E-state index contributed by atoms with van der Waals surface area (Å²) >= 11 is 3.30. The fourth-order valence-corrected chi connectivity index (χ4v) is 2.02. The summed E-state index contributed by atoms with van der Waals surface area (Å²) in [6, 6.07) is 4.11. The van der Waals surface area contributed by atoms with Crippen molar-refractivity contribution in [2.75, 3.05) is 0 Å². The van der Waals surface area contributed by atoms with Crippen LogP contribution in [0.4, 0.5) is 4.79 Å². The fraction of sp³-hybridized carbons (Fsp3) is 0.538. The number of carbonyl (C=O) groups excluding carboxylic acids is 1. The highest BCUT2D eigenvalue weighted by Crippen LogP contribution is 2.40. The number of ether oxygens (including phenoxy) is 1. The molecule has 1 amide bonds. The van der Waals surface area contributed by atoms with E-state index in [1.165, 1.54) is 0 Å². The van der Waals surface area contributed by atoms with Crippen LogP contribution in [0.1, 0.15) is 38.7 Å². The Kier molecular flexibility index (Phi) is 3.61. The number of halogens is 1. The van der Waals surface area contributed by atoms with E-state index < -0.39 is 5.60 Å². The molecule has 1 aromatic heterocycles. The number of alkyl carbamates (subject to hydrolysis) is 1. The minimum atomic E-state index is -0.451. The molecule has 1 N–H and O–H groups in total. The van der Waals surface area contributed by atoms with Gasteiger partial charge in [0.05, 0.1) is 0 Å². The number of amides is 1. The molecule has 1 aliphatic rings. The molecule has 1 heterocycles. The fourth-order valence-electron chi connectivity index (χ4n) is 1.79. The third-order valence-electron chi connectivity index (χ3n) is 2.67. The van der Waals surface area contributed by atoms with Crippen molar-refractivity contribution in [1.82, 2.24) is 10.3 Å². The Morgan fingerprint density at radius 1 is 1.50 bits per heavy atom. The molecule has 98 valence electrons. The van der Waals surface area contributed by atoms with Gasteiger partial charge in [0.1, 0.15) is 10.2 Å². The standard InChI is InChI=1S/C13H17BrN2O2/c1-13(2,3)18-12(17)16-10-6-9(10)8-4-5-11(14)15-7-8/h4-5,7,9-10H,6H2,1-3H3,(H,16,17)/t9-,10+/m1/s1. The van der Waals surface area contributed by atoms with Gasteiger partial charge in [-0.2, -0.15) is 0 Å². The van der Waals surface area contributed by atoms with Crippen LogP contribution in [-0.4, -0.2) is 22.7 Å². The van der Waals surface area contributed by atoms with Gasteiger partial charge in [-0.1, -0.05) is 6.07 Å². The third-order valence-corrected chi connectivity index (χ3v) is 3.14. The molecular formula is C13H17BrN2O2. The average Bonchev–Trinajstić information content (AvgIpc) is 2.95. The maximum Gasteiger partial charge on any atom is 0.407 e. The van der Waals surface area contributed by atoms with Gasteiger partial charge in [0.2, 0.25) is 0 Å². The first-order valence-corrected chi connectivity index (χ1v) is 6.75. The second kappa shape index (κ2) is 4.88. The Morgan fingerprint density at radius 2 is 2.22 bits per heavy atom. The van der Waals surface area contributed by atoms with Crippen LogP contribution in [0.2, 0.25) is 0 Å². The van der Waals surface area contributed by atoms with Crippen LogP contribution in [0.5, 0.6) is 0 Å². The van der Waals surface area contributed by atoms with Crippen LogP contribution in [0.3, 0.4) is 0 Å². The van der Waals surface area contributed by atoms with Crippen LogP contribution in [0.25, 0.3) is 0 Å². The largest absolute Gasteiger partial charge is 0.444 e. The van der Waals surface area contributed by atoms with E-state index in [4.69, 9.17) is 4.74 Å². The molecule has 0 saturated heterocycles. The SMILES string of the molecule is CC(C)(C)OC(=O)N[C@H]1C[C@@H]1c1ccc(Br)nc1. The van der Waals surface area contributed by atoms with E-state index in [2.05, 4.69) is 26.2 Å².